The Labute approximate surface area is 127 Å². The normalized spacial score (nSPS) is 18.8. The second kappa shape index (κ2) is 7.57. The van der Waals surface area contributed by atoms with Crippen LogP contribution in [-0.2, 0) is 4.79 Å². The molecule has 0 aliphatic carbocycles. The van der Waals surface area contributed by atoms with E-state index in [0.29, 0.717) is 12.5 Å². The Morgan fingerprint density at radius 3 is 2.05 bits per heavy atom. The fourth-order valence-electron chi connectivity index (χ4n) is 2.94. The van der Waals surface area contributed by atoms with E-state index in [1.807, 2.05) is 30.3 Å². The van der Waals surface area contributed by atoms with E-state index in [1.165, 1.54) is 0 Å². The number of hydrogen-bond acceptors (Lipinski definition) is 3. The van der Waals surface area contributed by atoms with E-state index in [0.717, 1.165) is 38.3 Å². The number of aliphatic carboxylic acids is 1. The Hall–Kier alpha value is -1.39. The van der Waals surface area contributed by atoms with Crippen molar-refractivity contribution in [2.24, 2.45) is 5.92 Å². The van der Waals surface area contributed by atoms with E-state index < -0.39 is 11.9 Å². The third-order valence-electron chi connectivity index (χ3n) is 4.03. The number of nitrogens with zero attached hydrogens (tertiary/aromatic N) is 2. The zero-order chi connectivity index (χ0) is 15.2. The van der Waals surface area contributed by atoms with Gasteiger partial charge in [0.25, 0.3) is 0 Å². The van der Waals surface area contributed by atoms with Crippen LogP contribution in [0, 0.1) is 5.92 Å². The van der Waals surface area contributed by atoms with Crippen molar-refractivity contribution < 1.29 is 9.90 Å². The third kappa shape index (κ3) is 4.83. The summed E-state index contributed by atoms with van der Waals surface area (Å²) in [6, 6.07) is 9.56. The molecule has 1 aliphatic rings. The van der Waals surface area contributed by atoms with Crippen LogP contribution in [0.3, 0.4) is 0 Å². The fraction of sp³-hybridized carbons (Fsp3) is 0.588. The molecule has 1 unspecified atom stereocenters. The summed E-state index contributed by atoms with van der Waals surface area (Å²) in [6.45, 7) is 10.2. The second-order valence-electron chi connectivity index (χ2n) is 6.30. The van der Waals surface area contributed by atoms with Crippen molar-refractivity contribution in [3.05, 3.63) is 35.9 Å². The minimum absolute atomic E-state index is 0.428. The molecule has 21 heavy (non-hydrogen) atoms. The van der Waals surface area contributed by atoms with E-state index in [2.05, 4.69) is 23.6 Å². The first-order valence-corrected chi connectivity index (χ1v) is 7.78. The number of rotatable bonds is 6. The van der Waals surface area contributed by atoms with Crippen LogP contribution in [0.15, 0.2) is 30.3 Å². The number of carbonyl (C=O) groups is 1. The smallest absolute Gasteiger partial charge is 0.312 e. The molecule has 0 amide bonds. The van der Waals surface area contributed by atoms with Crippen LogP contribution in [0.25, 0.3) is 0 Å². The molecule has 0 spiro atoms. The van der Waals surface area contributed by atoms with Crippen LogP contribution in [-0.4, -0.2) is 60.1 Å². The lowest BCUT2D eigenvalue weighted by Crippen LogP contribution is -2.48. The maximum atomic E-state index is 11.5. The molecule has 1 aliphatic heterocycles. The highest BCUT2D eigenvalue weighted by atomic mass is 16.4. The lowest BCUT2D eigenvalue weighted by Gasteiger charge is -2.36. The zero-order valence-electron chi connectivity index (χ0n) is 13.0. The summed E-state index contributed by atoms with van der Waals surface area (Å²) in [4.78, 5) is 16.3. The second-order valence-corrected chi connectivity index (χ2v) is 6.30. The van der Waals surface area contributed by atoms with Gasteiger partial charge in [0, 0.05) is 39.3 Å². The standard InChI is InChI=1S/C17H26N2O2/c1-14(2)12-18-8-10-19(11-9-18)13-16(17(20)21)15-6-4-3-5-7-15/h3-7,14,16H,8-13H2,1-2H3,(H,20,21). The van der Waals surface area contributed by atoms with E-state index in [4.69, 9.17) is 0 Å². The van der Waals surface area contributed by atoms with Crippen LogP contribution in [0.1, 0.15) is 25.3 Å². The molecule has 4 heteroatoms. The summed E-state index contributed by atoms with van der Waals surface area (Å²) in [5, 5.41) is 9.49. The molecule has 1 fully saturated rings. The third-order valence-corrected chi connectivity index (χ3v) is 4.03. The van der Waals surface area contributed by atoms with Gasteiger partial charge < -0.3 is 10.0 Å². The molecule has 1 atom stereocenters. The molecule has 1 N–H and O–H groups in total. The van der Waals surface area contributed by atoms with Gasteiger partial charge in [0.05, 0.1) is 5.92 Å². The summed E-state index contributed by atoms with van der Waals surface area (Å²) in [6.07, 6.45) is 0. The van der Waals surface area contributed by atoms with Crippen molar-refractivity contribution in [3.8, 4) is 0 Å². The maximum absolute atomic E-state index is 11.5. The Bertz CT molecular complexity index is 439. The zero-order valence-corrected chi connectivity index (χ0v) is 13.0. The SMILES string of the molecule is CC(C)CN1CCN(CC(C(=O)O)c2ccccc2)CC1. The Morgan fingerprint density at radius 2 is 1.57 bits per heavy atom. The predicted molar refractivity (Wildman–Crippen MR) is 84.5 cm³/mol. The minimum Gasteiger partial charge on any atom is -0.481 e. The molecule has 2 rings (SSSR count). The van der Waals surface area contributed by atoms with Gasteiger partial charge in [-0.15, -0.1) is 0 Å². The average molecular weight is 290 g/mol. The van der Waals surface area contributed by atoms with Crippen molar-refractivity contribution in [1.82, 2.24) is 9.80 Å². The molecule has 0 aromatic heterocycles. The van der Waals surface area contributed by atoms with Crippen molar-refractivity contribution in [2.75, 3.05) is 39.3 Å². The van der Waals surface area contributed by atoms with Crippen LogP contribution in [0.2, 0.25) is 0 Å². The highest BCUT2D eigenvalue weighted by molar-refractivity contribution is 5.76. The first-order valence-electron chi connectivity index (χ1n) is 7.78. The van der Waals surface area contributed by atoms with Gasteiger partial charge in [0.15, 0.2) is 0 Å². The van der Waals surface area contributed by atoms with Gasteiger partial charge >= 0.3 is 5.97 Å². The number of benzene rings is 1. The number of carboxylic acids is 1. The first-order chi connectivity index (χ1) is 10.1. The largest absolute Gasteiger partial charge is 0.481 e. The molecule has 1 heterocycles. The monoisotopic (exact) mass is 290 g/mol. The molecular formula is C17H26N2O2. The average Bonchev–Trinajstić information content (AvgIpc) is 2.46. The molecule has 0 saturated carbocycles. The fourth-order valence-corrected chi connectivity index (χ4v) is 2.94. The Kier molecular flexibility index (Phi) is 5.76. The van der Waals surface area contributed by atoms with Gasteiger partial charge in [-0.05, 0) is 11.5 Å². The maximum Gasteiger partial charge on any atom is 0.312 e. The quantitative estimate of drug-likeness (QED) is 0.871. The van der Waals surface area contributed by atoms with Crippen LogP contribution >= 0.6 is 0 Å². The Balaban J connectivity index is 1.90. The van der Waals surface area contributed by atoms with E-state index in [-0.39, 0.29) is 0 Å². The minimum atomic E-state index is -0.731. The van der Waals surface area contributed by atoms with Gasteiger partial charge in [-0.2, -0.15) is 0 Å². The molecule has 0 bridgehead atoms. The van der Waals surface area contributed by atoms with Crippen molar-refractivity contribution in [3.63, 3.8) is 0 Å². The molecule has 0 radical (unpaired) electrons. The highest BCUT2D eigenvalue weighted by Crippen LogP contribution is 2.18. The van der Waals surface area contributed by atoms with Crippen LogP contribution < -0.4 is 0 Å². The Morgan fingerprint density at radius 1 is 1.05 bits per heavy atom. The predicted octanol–water partition coefficient (Wildman–Crippen LogP) is 2.13. The highest BCUT2D eigenvalue weighted by Gasteiger charge is 2.25. The van der Waals surface area contributed by atoms with E-state index >= 15 is 0 Å². The lowest BCUT2D eigenvalue weighted by molar-refractivity contribution is -0.139. The van der Waals surface area contributed by atoms with E-state index in [1.54, 1.807) is 0 Å². The van der Waals surface area contributed by atoms with Crippen molar-refractivity contribution in [1.29, 1.82) is 0 Å². The van der Waals surface area contributed by atoms with Gasteiger partial charge in [0.1, 0.15) is 0 Å². The van der Waals surface area contributed by atoms with E-state index in [9.17, 15) is 9.90 Å². The number of hydrogen-bond donors (Lipinski definition) is 1. The van der Waals surface area contributed by atoms with Crippen LogP contribution in [0.5, 0.6) is 0 Å². The molecule has 4 nitrogen and oxygen atoms in total. The summed E-state index contributed by atoms with van der Waals surface area (Å²) in [5.74, 6) is -0.471. The first kappa shape index (κ1) is 16.0. The number of piperazine rings is 1. The van der Waals surface area contributed by atoms with Gasteiger partial charge in [-0.25, -0.2) is 0 Å². The summed E-state index contributed by atoms with van der Waals surface area (Å²) in [7, 11) is 0. The van der Waals surface area contributed by atoms with Gasteiger partial charge in [-0.3, -0.25) is 9.69 Å². The molecular weight excluding hydrogens is 264 g/mol. The number of carboxylic acid groups (broad SMARTS) is 1. The van der Waals surface area contributed by atoms with Crippen molar-refractivity contribution in [2.45, 2.75) is 19.8 Å². The summed E-state index contributed by atoms with van der Waals surface area (Å²) in [5.41, 5.74) is 0.898. The lowest BCUT2D eigenvalue weighted by atomic mass is 9.98. The van der Waals surface area contributed by atoms with Crippen molar-refractivity contribution >= 4 is 5.97 Å². The summed E-state index contributed by atoms with van der Waals surface area (Å²) >= 11 is 0. The molecule has 1 aromatic carbocycles. The molecule has 116 valence electrons. The van der Waals surface area contributed by atoms with Gasteiger partial charge in [-0.1, -0.05) is 44.2 Å². The summed E-state index contributed by atoms with van der Waals surface area (Å²) < 4.78 is 0. The van der Waals surface area contributed by atoms with Gasteiger partial charge in [0.2, 0.25) is 0 Å². The molecule has 1 aromatic rings. The topological polar surface area (TPSA) is 43.8 Å². The van der Waals surface area contributed by atoms with Crippen LogP contribution in [0.4, 0.5) is 0 Å². The molecule has 1 saturated heterocycles.